The van der Waals surface area contributed by atoms with Gasteiger partial charge in [0, 0.05) is 23.7 Å². The zero-order valence-corrected chi connectivity index (χ0v) is 12.0. The van der Waals surface area contributed by atoms with Crippen molar-refractivity contribution in [1.82, 2.24) is 4.90 Å². The number of nitrogens with zero attached hydrogens (tertiary/aromatic N) is 2. The van der Waals surface area contributed by atoms with E-state index in [-0.39, 0.29) is 0 Å². The second-order valence-electron chi connectivity index (χ2n) is 4.02. The summed E-state index contributed by atoms with van der Waals surface area (Å²) in [7, 11) is 0. The van der Waals surface area contributed by atoms with E-state index in [0.29, 0.717) is 6.54 Å². The van der Waals surface area contributed by atoms with E-state index in [4.69, 9.17) is 11.0 Å². The Morgan fingerprint density at radius 1 is 1.33 bits per heavy atom. The van der Waals surface area contributed by atoms with Crippen molar-refractivity contribution in [3.05, 3.63) is 29.3 Å². The number of rotatable bonds is 7. The first-order valence-corrected chi connectivity index (χ1v) is 7.31. The largest absolute Gasteiger partial charge is 0.326 e. The molecule has 18 heavy (non-hydrogen) atoms. The zero-order valence-electron chi connectivity index (χ0n) is 11.1. The highest BCUT2D eigenvalue weighted by Gasteiger charge is 2.05. The second kappa shape index (κ2) is 8.15. The van der Waals surface area contributed by atoms with Crippen molar-refractivity contribution in [1.29, 1.82) is 5.26 Å². The van der Waals surface area contributed by atoms with Gasteiger partial charge in [-0.1, -0.05) is 19.9 Å². The van der Waals surface area contributed by atoms with Crippen LogP contribution in [0.1, 0.15) is 25.0 Å². The minimum Gasteiger partial charge on any atom is -0.326 e. The molecular formula is C14H21N3S. The lowest BCUT2D eigenvalue weighted by Crippen LogP contribution is -2.25. The van der Waals surface area contributed by atoms with Crippen LogP contribution in [-0.4, -0.2) is 30.3 Å². The van der Waals surface area contributed by atoms with Crippen molar-refractivity contribution in [2.45, 2.75) is 25.3 Å². The molecule has 0 aliphatic heterocycles. The maximum absolute atomic E-state index is 9.12. The third-order valence-electron chi connectivity index (χ3n) is 2.96. The Hall–Kier alpha value is -1.02. The minimum absolute atomic E-state index is 0.485. The number of hydrogen-bond donors (Lipinski definition) is 1. The third-order valence-corrected chi connectivity index (χ3v) is 4.01. The Kier molecular flexibility index (Phi) is 6.81. The van der Waals surface area contributed by atoms with Crippen molar-refractivity contribution in [3.63, 3.8) is 0 Å². The van der Waals surface area contributed by atoms with Crippen LogP contribution >= 0.6 is 11.8 Å². The molecule has 0 heterocycles. The Balaban J connectivity index is 2.59. The van der Waals surface area contributed by atoms with Gasteiger partial charge >= 0.3 is 0 Å². The summed E-state index contributed by atoms with van der Waals surface area (Å²) in [6, 6.07) is 8.14. The van der Waals surface area contributed by atoms with E-state index in [0.717, 1.165) is 41.4 Å². The number of hydrogen-bond acceptors (Lipinski definition) is 4. The number of nitrogens with two attached hydrogens (primary N) is 1. The fraction of sp³-hybridized carbons (Fsp3) is 0.500. The summed E-state index contributed by atoms with van der Waals surface area (Å²) in [5, 5.41) is 9.12. The van der Waals surface area contributed by atoms with Crippen LogP contribution in [0.5, 0.6) is 0 Å². The van der Waals surface area contributed by atoms with Gasteiger partial charge in [-0.2, -0.15) is 5.26 Å². The Bertz CT molecular complexity index is 408. The highest BCUT2D eigenvalue weighted by atomic mass is 32.2. The van der Waals surface area contributed by atoms with E-state index in [1.165, 1.54) is 0 Å². The summed E-state index contributed by atoms with van der Waals surface area (Å²) in [6.45, 7) is 8.04. The Labute approximate surface area is 114 Å². The normalized spacial score (nSPS) is 10.6. The molecule has 98 valence electrons. The highest BCUT2D eigenvalue weighted by molar-refractivity contribution is 7.99. The molecule has 0 bridgehead atoms. The van der Waals surface area contributed by atoms with Gasteiger partial charge in [-0.3, -0.25) is 0 Å². The molecule has 0 aliphatic rings. The standard InChI is InChI=1S/C14H21N3S/c1-3-17(4-2)7-8-18-14-6-5-12(10-15)9-13(14)11-16/h5-6,9H,3-4,7-8,10,15H2,1-2H3. The molecule has 0 saturated carbocycles. The molecule has 0 amide bonds. The van der Waals surface area contributed by atoms with Crippen LogP contribution in [0, 0.1) is 11.3 Å². The van der Waals surface area contributed by atoms with Crippen LogP contribution in [0.15, 0.2) is 23.1 Å². The molecule has 1 aromatic carbocycles. The topological polar surface area (TPSA) is 53.0 Å². The van der Waals surface area contributed by atoms with Crippen molar-refractivity contribution in [2.75, 3.05) is 25.4 Å². The first-order chi connectivity index (χ1) is 8.74. The average Bonchev–Trinajstić information content (AvgIpc) is 2.43. The quantitative estimate of drug-likeness (QED) is 0.768. The summed E-state index contributed by atoms with van der Waals surface area (Å²) in [4.78, 5) is 3.44. The fourth-order valence-corrected chi connectivity index (χ4v) is 2.74. The molecule has 0 radical (unpaired) electrons. The lowest BCUT2D eigenvalue weighted by Gasteiger charge is -2.17. The molecule has 0 aromatic heterocycles. The van der Waals surface area contributed by atoms with E-state index in [2.05, 4.69) is 24.8 Å². The van der Waals surface area contributed by atoms with Gasteiger partial charge in [0.05, 0.1) is 5.56 Å². The van der Waals surface area contributed by atoms with Gasteiger partial charge < -0.3 is 10.6 Å². The van der Waals surface area contributed by atoms with Crippen LogP contribution < -0.4 is 5.73 Å². The molecule has 0 saturated heterocycles. The summed E-state index contributed by atoms with van der Waals surface area (Å²) in [6.07, 6.45) is 0. The van der Waals surface area contributed by atoms with Gasteiger partial charge in [0.25, 0.3) is 0 Å². The van der Waals surface area contributed by atoms with Crippen molar-refractivity contribution in [2.24, 2.45) is 5.73 Å². The summed E-state index contributed by atoms with van der Waals surface area (Å²) < 4.78 is 0. The molecule has 2 N–H and O–H groups in total. The number of nitriles is 1. The molecule has 0 unspecified atom stereocenters. The average molecular weight is 263 g/mol. The molecule has 0 fully saturated rings. The zero-order chi connectivity index (χ0) is 13.4. The van der Waals surface area contributed by atoms with Crippen LogP contribution in [-0.2, 0) is 6.54 Å². The van der Waals surface area contributed by atoms with Gasteiger partial charge in [0.2, 0.25) is 0 Å². The van der Waals surface area contributed by atoms with Gasteiger partial charge in [-0.05, 0) is 30.8 Å². The first kappa shape index (κ1) is 15.0. The van der Waals surface area contributed by atoms with E-state index in [9.17, 15) is 0 Å². The lowest BCUT2D eigenvalue weighted by atomic mass is 10.1. The smallest absolute Gasteiger partial charge is 0.100 e. The molecule has 0 aliphatic carbocycles. The van der Waals surface area contributed by atoms with Gasteiger partial charge in [0.15, 0.2) is 0 Å². The first-order valence-electron chi connectivity index (χ1n) is 6.33. The number of thioether (sulfide) groups is 1. The van der Waals surface area contributed by atoms with Crippen LogP contribution in [0.4, 0.5) is 0 Å². The molecule has 3 nitrogen and oxygen atoms in total. The fourth-order valence-electron chi connectivity index (χ4n) is 1.74. The molecule has 4 heteroatoms. The van der Waals surface area contributed by atoms with Crippen LogP contribution in [0.2, 0.25) is 0 Å². The lowest BCUT2D eigenvalue weighted by molar-refractivity contribution is 0.324. The van der Waals surface area contributed by atoms with E-state index in [1.807, 2.05) is 18.2 Å². The van der Waals surface area contributed by atoms with E-state index < -0.39 is 0 Å². The molecule has 1 aromatic rings. The SMILES string of the molecule is CCN(CC)CCSc1ccc(CN)cc1C#N. The predicted molar refractivity (Wildman–Crippen MR) is 77.6 cm³/mol. The number of benzene rings is 1. The highest BCUT2D eigenvalue weighted by Crippen LogP contribution is 2.23. The second-order valence-corrected chi connectivity index (χ2v) is 5.16. The maximum Gasteiger partial charge on any atom is 0.100 e. The third kappa shape index (κ3) is 4.34. The van der Waals surface area contributed by atoms with E-state index >= 15 is 0 Å². The monoisotopic (exact) mass is 263 g/mol. The molecule has 1 rings (SSSR count). The minimum atomic E-state index is 0.485. The maximum atomic E-state index is 9.12. The molecule has 0 spiro atoms. The van der Waals surface area contributed by atoms with E-state index in [1.54, 1.807) is 11.8 Å². The van der Waals surface area contributed by atoms with Crippen LogP contribution in [0.3, 0.4) is 0 Å². The summed E-state index contributed by atoms with van der Waals surface area (Å²) in [5.74, 6) is 1.01. The van der Waals surface area contributed by atoms with Crippen molar-refractivity contribution >= 4 is 11.8 Å². The summed E-state index contributed by atoms with van der Waals surface area (Å²) in [5.41, 5.74) is 7.33. The summed E-state index contributed by atoms with van der Waals surface area (Å²) >= 11 is 1.74. The predicted octanol–water partition coefficient (Wildman–Crippen LogP) is 2.45. The molecule has 0 atom stereocenters. The van der Waals surface area contributed by atoms with Crippen molar-refractivity contribution in [3.8, 4) is 6.07 Å². The van der Waals surface area contributed by atoms with Gasteiger partial charge in [0.1, 0.15) is 6.07 Å². The Morgan fingerprint density at radius 3 is 2.61 bits per heavy atom. The van der Waals surface area contributed by atoms with Crippen LogP contribution in [0.25, 0.3) is 0 Å². The van der Waals surface area contributed by atoms with Crippen molar-refractivity contribution < 1.29 is 0 Å². The molecular weight excluding hydrogens is 242 g/mol. The Morgan fingerprint density at radius 2 is 2.06 bits per heavy atom. The van der Waals surface area contributed by atoms with Gasteiger partial charge in [-0.25, -0.2) is 0 Å². The van der Waals surface area contributed by atoms with Gasteiger partial charge in [-0.15, -0.1) is 11.8 Å².